The van der Waals surface area contributed by atoms with Crippen LogP contribution in [0.4, 0.5) is 0 Å². The molecule has 1 aliphatic rings. The molecule has 0 atom stereocenters. The maximum absolute atomic E-state index is 12.5. The number of unbranched alkanes of at least 4 members (excludes halogenated alkanes) is 2. The van der Waals surface area contributed by atoms with E-state index in [4.69, 9.17) is 12.2 Å². The standard InChI is InChI=1S/C17H18BrNO3S2/c1-22-15(20)5-3-2-4-10-19-16(21)14(24-17(19)23)11-12-6-8-13(18)9-7-12/h6-9,11H,2-5,10H2,1H3. The van der Waals surface area contributed by atoms with Gasteiger partial charge in [-0.1, -0.05) is 58.5 Å². The Kier molecular flexibility index (Phi) is 7.45. The Labute approximate surface area is 159 Å². The lowest BCUT2D eigenvalue weighted by Gasteiger charge is -2.13. The van der Waals surface area contributed by atoms with Crippen LogP contribution in [0.2, 0.25) is 0 Å². The van der Waals surface area contributed by atoms with Gasteiger partial charge in [-0.05, 0) is 36.6 Å². The molecule has 1 heterocycles. The van der Waals surface area contributed by atoms with E-state index in [2.05, 4.69) is 20.7 Å². The van der Waals surface area contributed by atoms with E-state index >= 15 is 0 Å². The molecule has 0 aromatic heterocycles. The lowest BCUT2D eigenvalue weighted by Crippen LogP contribution is -2.29. The van der Waals surface area contributed by atoms with Crippen LogP contribution in [-0.4, -0.2) is 34.8 Å². The fourth-order valence-electron chi connectivity index (χ4n) is 2.22. The highest BCUT2D eigenvalue weighted by Gasteiger charge is 2.31. The molecular weight excluding hydrogens is 410 g/mol. The molecule has 0 bridgehead atoms. The van der Waals surface area contributed by atoms with Crippen LogP contribution >= 0.6 is 39.9 Å². The number of carbonyl (C=O) groups excluding carboxylic acids is 2. The van der Waals surface area contributed by atoms with Crippen LogP contribution in [0.15, 0.2) is 33.6 Å². The van der Waals surface area contributed by atoms with Gasteiger partial charge in [0.2, 0.25) is 0 Å². The highest BCUT2D eigenvalue weighted by molar-refractivity contribution is 9.10. The summed E-state index contributed by atoms with van der Waals surface area (Å²) < 4.78 is 6.20. The zero-order chi connectivity index (χ0) is 17.5. The number of halogens is 1. The van der Waals surface area contributed by atoms with Gasteiger partial charge < -0.3 is 4.74 Å². The maximum atomic E-state index is 12.5. The van der Waals surface area contributed by atoms with Gasteiger partial charge >= 0.3 is 5.97 Å². The third-order valence-corrected chi connectivity index (χ3v) is 5.44. The Hall–Kier alpha value is -1.18. The summed E-state index contributed by atoms with van der Waals surface area (Å²) in [5.74, 6) is -0.237. The van der Waals surface area contributed by atoms with Crippen molar-refractivity contribution in [2.24, 2.45) is 0 Å². The molecular formula is C17H18BrNO3S2. The number of thiocarbonyl (C=S) groups is 1. The monoisotopic (exact) mass is 427 g/mol. The smallest absolute Gasteiger partial charge is 0.305 e. The summed E-state index contributed by atoms with van der Waals surface area (Å²) in [5, 5.41) is 0. The van der Waals surface area contributed by atoms with Gasteiger partial charge in [0, 0.05) is 17.4 Å². The van der Waals surface area contributed by atoms with Crippen molar-refractivity contribution in [3.63, 3.8) is 0 Å². The van der Waals surface area contributed by atoms with E-state index in [1.807, 2.05) is 30.3 Å². The first-order valence-electron chi connectivity index (χ1n) is 7.59. The van der Waals surface area contributed by atoms with Crippen molar-refractivity contribution in [1.82, 2.24) is 4.90 Å². The molecule has 7 heteroatoms. The Bertz CT molecular complexity index is 658. The summed E-state index contributed by atoms with van der Waals surface area (Å²) in [5.41, 5.74) is 0.969. The third kappa shape index (κ3) is 5.43. The van der Waals surface area contributed by atoms with Crippen molar-refractivity contribution in [1.29, 1.82) is 0 Å². The highest BCUT2D eigenvalue weighted by atomic mass is 79.9. The fourth-order valence-corrected chi connectivity index (χ4v) is 3.79. The van der Waals surface area contributed by atoms with Gasteiger partial charge in [0.25, 0.3) is 5.91 Å². The van der Waals surface area contributed by atoms with Crippen molar-refractivity contribution < 1.29 is 14.3 Å². The van der Waals surface area contributed by atoms with Crippen LogP contribution in [0.3, 0.4) is 0 Å². The Morgan fingerprint density at radius 3 is 2.67 bits per heavy atom. The summed E-state index contributed by atoms with van der Waals surface area (Å²) in [4.78, 5) is 25.8. The first-order chi connectivity index (χ1) is 11.5. The van der Waals surface area contributed by atoms with Crippen LogP contribution in [0.25, 0.3) is 6.08 Å². The normalized spacial score (nSPS) is 16.1. The second kappa shape index (κ2) is 9.34. The molecule has 128 valence electrons. The second-order valence-electron chi connectivity index (χ2n) is 5.27. The topological polar surface area (TPSA) is 46.6 Å². The molecule has 0 spiro atoms. The fraction of sp³-hybridized carbons (Fsp3) is 0.353. The molecule has 0 N–H and O–H groups in total. The molecule has 0 aliphatic carbocycles. The van der Waals surface area contributed by atoms with E-state index in [-0.39, 0.29) is 11.9 Å². The Balaban J connectivity index is 1.87. The quantitative estimate of drug-likeness (QED) is 0.279. The van der Waals surface area contributed by atoms with Gasteiger partial charge in [-0.2, -0.15) is 0 Å². The average Bonchev–Trinajstić information content (AvgIpc) is 2.83. The van der Waals surface area contributed by atoms with Gasteiger partial charge in [-0.15, -0.1) is 0 Å². The zero-order valence-corrected chi connectivity index (χ0v) is 16.5. The van der Waals surface area contributed by atoms with Crippen molar-refractivity contribution in [2.75, 3.05) is 13.7 Å². The van der Waals surface area contributed by atoms with Crippen LogP contribution in [0, 0.1) is 0 Å². The largest absolute Gasteiger partial charge is 0.469 e. The minimum atomic E-state index is -0.196. The minimum absolute atomic E-state index is 0.0408. The number of esters is 1. The Morgan fingerprint density at radius 1 is 1.29 bits per heavy atom. The summed E-state index contributed by atoms with van der Waals surface area (Å²) >= 11 is 10.0. The van der Waals surface area contributed by atoms with E-state index in [0.717, 1.165) is 29.3 Å². The van der Waals surface area contributed by atoms with Crippen LogP contribution in [0.1, 0.15) is 31.2 Å². The third-order valence-electron chi connectivity index (χ3n) is 3.53. The SMILES string of the molecule is COC(=O)CCCCCN1C(=O)C(=Cc2ccc(Br)cc2)SC1=S. The summed E-state index contributed by atoms with van der Waals surface area (Å²) in [7, 11) is 1.39. The number of rotatable bonds is 7. The predicted octanol–water partition coefficient (Wildman–Crippen LogP) is 4.38. The van der Waals surface area contributed by atoms with E-state index in [9.17, 15) is 9.59 Å². The minimum Gasteiger partial charge on any atom is -0.469 e. The van der Waals surface area contributed by atoms with Gasteiger partial charge in [-0.25, -0.2) is 0 Å². The number of carbonyl (C=O) groups is 2. The number of hydrogen-bond donors (Lipinski definition) is 0. The van der Waals surface area contributed by atoms with E-state index < -0.39 is 0 Å². The van der Waals surface area contributed by atoms with E-state index in [0.29, 0.717) is 22.2 Å². The highest BCUT2D eigenvalue weighted by Crippen LogP contribution is 2.32. The zero-order valence-electron chi connectivity index (χ0n) is 13.3. The molecule has 0 radical (unpaired) electrons. The predicted molar refractivity (Wildman–Crippen MR) is 105 cm³/mol. The van der Waals surface area contributed by atoms with Crippen molar-refractivity contribution in [2.45, 2.75) is 25.7 Å². The molecule has 1 fully saturated rings. The number of ether oxygens (including phenoxy) is 1. The number of hydrogen-bond acceptors (Lipinski definition) is 5. The molecule has 0 saturated carbocycles. The van der Waals surface area contributed by atoms with Crippen LogP contribution in [-0.2, 0) is 14.3 Å². The van der Waals surface area contributed by atoms with Gasteiger partial charge in [-0.3, -0.25) is 14.5 Å². The first kappa shape index (κ1) is 19.1. The maximum Gasteiger partial charge on any atom is 0.305 e. The molecule has 1 saturated heterocycles. The van der Waals surface area contributed by atoms with E-state index in [1.54, 1.807) is 4.90 Å². The van der Waals surface area contributed by atoms with Gasteiger partial charge in [0.1, 0.15) is 4.32 Å². The molecule has 1 aromatic carbocycles. The number of methoxy groups -OCH3 is 1. The van der Waals surface area contributed by atoms with Crippen molar-refractivity contribution in [3.05, 3.63) is 39.2 Å². The lowest BCUT2D eigenvalue weighted by molar-refractivity contribution is -0.140. The van der Waals surface area contributed by atoms with Gasteiger partial charge in [0.15, 0.2) is 0 Å². The summed E-state index contributed by atoms with van der Waals surface area (Å²) in [6.45, 7) is 0.587. The van der Waals surface area contributed by atoms with Gasteiger partial charge in [0.05, 0.1) is 12.0 Å². The number of benzene rings is 1. The molecule has 1 aromatic rings. The van der Waals surface area contributed by atoms with Crippen LogP contribution in [0.5, 0.6) is 0 Å². The van der Waals surface area contributed by atoms with Crippen molar-refractivity contribution in [3.8, 4) is 0 Å². The number of amides is 1. The first-order valence-corrected chi connectivity index (χ1v) is 9.61. The lowest BCUT2D eigenvalue weighted by atomic mass is 10.2. The number of thioether (sulfide) groups is 1. The second-order valence-corrected chi connectivity index (χ2v) is 7.86. The van der Waals surface area contributed by atoms with Crippen molar-refractivity contribution >= 4 is 62.2 Å². The average molecular weight is 428 g/mol. The molecule has 2 rings (SSSR count). The number of nitrogens with zero attached hydrogens (tertiary/aromatic N) is 1. The molecule has 4 nitrogen and oxygen atoms in total. The molecule has 1 amide bonds. The summed E-state index contributed by atoms with van der Waals surface area (Å²) in [6.07, 6.45) is 4.71. The van der Waals surface area contributed by atoms with E-state index in [1.165, 1.54) is 18.9 Å². The van der Waals surface area contributed by atoms with Crippen LogP contribution < -0.4 is 0 Å². The molecule has 1 aliphatic heterocycles. The summed E-state index contributed by atoms with van der Waals surface area (Å²) in [6, 6.07) is 7.77. The Morgan fingerprint density at radius 2 is 2.00 bits per heavy atom. The molecule has 24 heavy (non-hydrogen) atoms. The molecule has 0 unspecified atom stereocenters.